The number of sulfone groups is 1. The lowest BCUT2D eigenvalue weighted by Gasteiger charge is -2.22. The van der Waals surface area contributed by atoms with E-state index in [-0.39, 0.29) is 23.5 Å². The van der Waals surface area contributed by atoms with Crippen molar-refractivity contribution in [2.24, 2.45) is 0 Å². The lowest BCUT2D eigenvalue weighted by atomic mass is 10.1. The second-order valence-corrected chi connectivity index (χ2v) is 8.74. The first-order valence-electron chi connectivity index (χ1n) is 8.90. The Morgan fingerprint density at radius 1 is 1.10 bits per heavy atom. The standard InChI is InChI=1S/C20H21F3N2O4S/c1-4-25(19(27)20(21,22)23)12-14-6-5-7-15(10-14)24-18(26)17-11-16(30(3,28)29)9-8-13(17)2/h5-11H,4,12H2,1-3H3,(H,24,26). The summed E-state index contributed by atoms with van der Waals surface area (Å²) in [5.41, 5.74) is 1.42. The largest absolute Gasteiger partial charge is 0.471 e. The van der Waals surface area contributed by atoms with E-state index >= 15 is 0 Å². The van der Waals surface area contributed by atoms with Gasteiger partial charge in [-0.3, -0.25) is 9.59 Å². The molecule has 162 valence electrons. The van der Waals surface area contributed by atoms with Crippen molar-refractivity contribution >= 4 is 27.3 Å². The molecule has 0 aliphatic heterocycles. The van der Waals surface area contributed by atoms with Gasteiger partial charge in [0.1, 0.15) is 0 Å². The van der Waals surface area contributed by atoms with Crippen molar-refractivity contribution in [1.82, 2.24) is 4.90 Å². The fraction of sp³-hybridized carbons (Fsp3) is 0.300. The Balaban J connectivity index is 2.23. The van der Waals surface area contributed by atoms with Crippen LogP contribution in [0.2, 0.25) is 0 Å². The summed E-state index contributed by atoms with van der Waals surface area (Å²) in [5.74, 6) is -2.50. The zero-order chi connectivity index (χ0) is 22.7. The zero-order valence-corrected chi connectivity index (χ0v) is 17.4. The molecule has 0 aromatic heterocycles. The van der Waals surface area contributed by atoms with Gasteiger partial charge in [0, 0.05) is 30.6 Å². The average molecular weight is 442 g/mol. The highest BCUT2D eigenvalue weighted by atomic mass is 32.2. The van der Waals surface area contributed by atoms with Crippen molar-refractivity contribution in [3.8, 4) is 0 Å². The number of rotatable bonds is 6. The third-order valence-electron chi connectivity index (χ3n) is 4.35. The predicted octanol–water partition coefficient (Wildman–Crippen LogP) is 3.56. The van der Waals surface area contributed by atoms with Crippen LogP contribution in [0.5, 0.6) is 0 Å². The molecule has 2 amide bonds. The molecule has 0 saturated carbocycles. The molecule has 0 radical (unpaired) electrons. The maximum Gasteiger partial charge on any atom is 0.471 e. The van der Waals surface area contributed by atoms with Crippen LogP contribution in [0.3, 0.4) is 0 Å². The second kappa shape index (κ2) is 8.86. The van der Waals surface area contributed by atoms with E-state index in [1.165, 1.54) is 43.3 Å². The number of carbonyl (C=O) groups is 2. The first-order chi connectivity index (χ1) is 13.8. The average Bonchev–Trinajstić information content (AvgIpc) is 2.64. The highest BCUT2D eigenvalue weighted by Gasteiger charge is 2.41. The Morgan fingerprint density at radius 2 is 1.77 bits per heavy atom. The molecule has 0 spiro atoms. The van der Waals surface area contributed by atoms with Crippen LogP contribution in [0.1, 0.15) is 28.4 Å². The maximum absolute atomic E-state index is 12.7. The first-order valence-corrected chi connectivity index (χ1v) is 10.8. The topological polar surface area (TPSA) is 83.6 Å². The van der Waals surface area contributed by atoms with Gasteiger partial charge in [-0.05, 0) is 49.2 Å². The Labute approximate surface area is 172 Å². The normalized spacial score (nSPS) is 11.8. The molecule has 30 heavy (non-hydrogen) atoms. The number of hydrogen-bond acceptors (Lipinski definition) is 4. The van der Waals surface area contributed by atoms with Crippen molar-refractivity contribution in [1.29, 1.82) is 0 Å². The molecule has 0 heterocycles. The monoisotopic (exact) mass is 442 g/mol. The van der Waals surface area contributed by atoms with Crippen LogP contribution < -0.4 is 5.32 Å². The van der Waals surface area contributed by atoms with Gasteiger partial charge in [0.2, 0.25) is 0 Å². The molecule has 0 atom stereocenters. The van der Waals surface area contributed by atoms with Crippen molar-refractivity contribution in [2.75, 3.05) is 18.1 Å². The number of benzene rings is 2. The third-order valence-corrected chi connectivity index (χ3v) is 5.46. The Bertz CT molecular complexity index is 1070. The van der Waals surface area contributed by atoms with Gasteiger partial charge in [0.05, 0.1) is 4.90 Å². The van der Waals surface area contributed by atoms with E-state index in [2.05, 4.69) is 5.32 Å². The van der Waals surface area contributed by atoms with Crippen LogP contribution in [0.15, 0.2) is 47.4 Å². The van der Waals surface area contributed by atoms with Gasteiger partial charge in [0.15, 0.2) is 9.84 Å². The van der Waals surface area contributed by atoms with E-state index in [0.29, 0.717) is 21.7 Å². The number of nitrogens with one attached hydrogen (secondary N) is 1. The molecule has 10 heteroatoms. The minimum absolute atomic E-state index is 0.00347. The van der Waals surface area contributed by atoms with Gasteiger partial charge in [-0.25, -0.2) is 8.42 Å². The molecule has 2 aromatic rings. The molecule has 0 aliphatic rings. The highest BCUT2D eigenvalue weighted by Crippen LogP contribution is 2.22. The lowest BCUT2D eigenvalue weighted by molar-refractivity contribution is -0.185. The van der Waals surface area contributed by atoms with Crippen LogP contribution in [0.25, 0.3) is 0 Å². The van der Waals surface area contributed by atoms with Crippen LogP contribution >= 0.6 is 0 Å². The van der Waals surface area contributed by atoms with E-state index in [1.54, 1.807) is 13.0 Å². The van der Waals surface area contributed by atoms with Gasteiger partial charge >= 0.3 is 12.1 Å². The summed E-state index contributed by atoms with van der Waals surface area (Å²) in [7, 11) is -3.50. The molecule has 0 bridgehead atoms. The van der Waals surface area contributed by atoms with E-state index in [4.69, 9.17) is 0 Å². The molecular formula is C20H21F3N2O4S. The van der Waals surface area contributed by atoms with Crippen LogP contribution in [-0.2, 0) is 21.2 Å². The summed E-state index contributed by atoms with van der Waals surface area (Å²) in [6.07, 6.45) is -3.94. The van der Waals surface area contributed by atoms with Crippen molar-refractivity contribution in [2.45, 2.75) is 31.5 Å². The van der Waals surface area contributed by atoms with E-state index < -0.39 is 27.8 Å². The minimum Gasteiger partial charge on any atom is -0.331 e. The summed E-state index contributed by atoms with van der Waals surface area (Å²) in [5, 5.41) is 2.61. The first kappa shape index (κ1) is 23.4. The SMILES string of the molecule is CCN(Cc1cccc(NC(=O)c2cc(S(C)(=O)=O)ccc2C)c1)C(=O)C(F)(F)F. The summed E-state index contributed by atoms with van der Waals surface area (Å²) in [6, 6.07) is 10.3. The smallest absolute Gasteiger partial charge is 0.331 e. The van der Waals surface area contributed by atoms with Gasteiger partial charge in [0.25, 0.3) is 5.91 Å². The van der Waals surface area contributed by atoms with E-state index in [9.17, 15) is 31.2 Å². The Kier molecular flexibility index (Phi) is 6.91. The highest BCUT2D eigenvalue weighted by molar-refractivity contribution is 7.90. The molecule has 2 rings (SSSR count). The molecule has 0 aliphatic carbocycles. The number of aryl methyl sites for hydroxylation is 1. The summed E-state index contributed by atoms with van der Waals surface area (Å²) < 4.78 is 61.5. The molecule has 0 saturated heterocycles. The van der Waals surface area contributed by atoms with Crippen molar-refractivity contribution in [3.05, 3.63) is 59.2 Å². The number of hydrogen-bond donors (Lipinski definition) is 1. The molecule has 1 N–H and O–H groups in total. The summed E-state index contributed by atoms with van der Waals surface area (Å²) in [4.78, 5) is 24.8. The van der Waals surface area contributed by atoms with Crippen molar-refractivity contribution < 1.29 is 31.2 Å². The van der Waals surface area contributed by atoms with Gasteiger partial charge in [-0.2, -0.15) is 13.2 Å². The minimum atomic E-state index is -4.97. The Hall–Kier alpha value is -2.88. The number of anilines is 1. The molecule has 0 fully saturated rings. The predicted molar refractivity (Wildman–Crippen MR) is 106 cm³/mol. The van der Waals surface area contributed by atoms with Gasteiger partial charge in [-0.15, -0.1) is 0 Å². The number of halogens is 3. The third kappa shape index (κ3) is 5.82. The van der Waals surface area contributed by atoms with E-state index in [0.717, 1.165) is 6.26 Å². The van der Waals surface area contributed by atoms with Gasteiger partial charge < -0.3 is 10.2 Å². The lowest BCUT2D eigenvalue weighted by Crippen LogP contribution is -2.40. The van der Waals surface area contributed by atoms with E-state index in [1.807, 2.05) is 0 Å². The number of alkyl halides is 3. The molecular weight excluding hydrogens is 421 g/mol. The summed E-state index contributed by atoms with van der Waals surface area (Å²) >= 11 is 0. The van der Waals surface area contributed by atoms with Crippen LogP contribution in [-0.4, -0.2) is 44.1 Å². The second-order valence-electron chi connectivity index (χ2n) is 6.72. The van der Waals surface area contributed by atoms with Crippen LogP contribution in [0, 0.1) is 6.92 Å². The molecule has 6 nitrogen and oxygen atoms in total. The molecule has 0 unspecified atom stereocenters. The maximum atomic E-state index is 12.7. The quantitative estimate of drug-likeness (QED) is 0.742. The summed E-state index contributed by atoms with van der Waals surface area (Å²) in [6.45, 7) is 2.68. The van der Waals surface area contributed by atoms with Crippen molar-refractivity contribution in [3.63, 3.8) is 0 Å². The Morgan fingerprint density at radius 3 is 2.33 bits per heavy atom. The fourth-order valence-corrected chi connectivity index (χ4v) is 3.40. The zero-order valence-electron chi connectivity index (χ0n) is 16.6. The fourth-order valence-electron chi connectivity index (χ4n) is 2.75. The number of nitrogens with zero attached hydrogens (tertiary/aromatic N) is 1. The number of amides is 2. The van der Waals surface area contributed by atoms with Gasteiger partial charge in [-0.1, -0.05) is 18.2 Å². The molecule has 2 aromatic carbocycles. The van der Waals surface area contributed by atoms with Crippen LogP contribution in [0.4, 0.5) is 18.9 Å². The number of carbonyl (C=O) groups excluding carboxylic acids is 2.